The number of nitrogens with one attached hydrogen (secondary N) is 1. The van der Waals surface area contributed by atoms with Crippen molar-refractivity contribution in [2.24, 2.45) is 0 Å². The summed E-state index contributed by atoms with van der Waals surface area (Å²) in [5.41, 5.74) is 3.17. The van der Waals surface area contributed by atoms with Crippen LogP contribution in [0.15, 0.2) is 54.6 Å². The topological polar surface area (TPSA) is 56.0 Å². The summed E-state index contributed by atoms with van der Waals surface area (Å²) < 4.78 is 0. The molecular weight excluding hydrogens is 248 g/mol. The van der Waals surface area contributed by atoms with Gasteiger partial charge < -0.3 is 5.11 Å². The molecule has 3 heteroatoms. The van der Waals surface area contributed by atoms with Gasteiger partial charge in [-0.2, -0.15) is 5.26 Å². The Bertz CT molecular complexity index is 633. The van der Waals surface area contributed by atoms with Gasteiger partial charge in [-0.15, -0.1) is 0 Å². The number of hydrogen-bond acceptors (Lipinski definition) is 3. The molecule has 1 aliphatic carbocycles. The second kappa shape index (κ2) is 5.46. The van der Waals surface area contributed by atoms with Crippen LogP contribution in [0.3, 0.4) is 0 Å². The molecule has 0 radical (unpaired) electrons. The Hall–Kier alpha value is -2.15. The van der Waals surface area contributed by atoms with Crippen molar-refractivity contribution in [1.82, 2.24) is 5.32 Å². The first-order chi connectivity index (χ1) is 9.79. The van der Waals surface area contributed by atoms with Crippen LogP contribution in [0, 0.1) is 11.3 Å². The van der Waals surface area contributed by atoms with E-state index in [4.69, 9.17) is 0 Å². The standard InChI is InChI=1S/C17H16N2O/c18-11-15(12-6-2-1-3-7-12)19-17-14-9-5-4-8-13(14)10-16(17)20/h1-9,15-17,19-20H,10H2/t15-,16+,17-/m0/s1. The third-order valence-electron chi connectivity index (χ3n) is 3.81. The summed E-state index contributed by atoms with van der Waals surface area (Å²) in [6.07, 6.45) is 0.160. The summed E-state index contributed by atoms with van der Waals surface area (Å²) in [5, 5.41) is 22.9. The molecule has 2 aromatic carbocycles. The van der Waals surface area contributed by atoms with Crippen molar-refractivity contribution in [3.63, 3.8) is 0 Å². The van der Waals surface area contributed by atoms with E-state index in [9.17, 15) is 10.4 Å². The van der Waals surface area contributed by atoms with Crippen molar-refractivity contribution in [2.75, 3.05) is 0 Å². The summed E-state index contributed by atoms with van der Waals surface area (Å²) in [6, 6.07) is 19.3. The molecule has 0 aromatic heterocycles. The van der Waals surface area contributed by atoms with Crippen LogP contribution in [0.25, 0.3) is 0 Å². The molecule has 0 amide bonds. The maximum Gasteiger partial charge on any atom is 0.121 e. The number of benzene rings is 2. The normalized spacial score (nSPS) is 22.0. The summed E-state index contributed by atoms with van der Waals surface area (Å²) in [6.45, 7) is 0. The molecule has 0 spiro atoms. The summed E-state index contributed by atoms with van der Waals surface area (Å²) in [4.78, 5) is 0. The molecule has 3 atom stereocenters. The molecule has 0 fully saturated rings. The van der Waals surface area contributed by atoms with Gasteiger partial charge in [-0.3, -0.25) is 5.32 Å². The Morgan fingerprint density at radius 3 is 2.55 bits per heavy atom. The Morgan fingerprint density at radius 1 is 1.10 bits per heavy atom. The van der Waals surface area contributed by atoms with Crippen LogP contribution in [-0.4, -0.2) is 11.2 Å². The molecule has 3 rings (SSSR count). The highest BCUT2D eigenvalue weighted by atomic mass is 16.3. The minimum Gasteiger partial charge on any atom is -0.391 e. The molecule has 0 bridgehead atoms. The zero-order chi connectivity index (χ0) is 13.9. The lowest BCUT2D eigenvalue weighted by Gasteiger charge is -2.21. The predicted molar refractivity (Wildman–Crippen MR) is 76.8 cm³/mol. The molecule has 3 nitrogen and oxygen atoms in total. The van der Waals surface area contributed by atoms with E-state index in [0.29, 0.717) is 6.42 Å². The van der Waals surface area contributed by atoms with Crippen LogP contribution in [0.4, 0.5) is 0 Å². The fraction of sp³-hybridized carbons (Fsp3) is 0.235. The van der Waals surface area contributed by atoms with Gasteiger partial charge in [0, 0.05) is 6.42 Å². The first-order valence-electron chi connectivity index (χ1n) is 6.76. The third-order valence-corrected chi connectivity index (χ3v) is 3.81. The maximum atomic E-state index is 10.2. The highest BCUT2D eigenvalue weighted by Gasteiger charge is 2.32. The van der Waals surface area contributed by atoms with Gasteiger partial charge >= 0.3 is 0 Å². The van der Waals surface area contributed by atoms with Crippen LogP contribution in [0.1, 0.15) is 28.8 Å². The lowest BCUT2D eigenvalue weighted by Crippen LogP contribution is -2.31. The van der Waals surface area contributed by atoms with E-state index in [1.807, 2.05) is 54.6 Å². The molecule has 0 saturated heterocycles. The van der Waals surface area contributed by atoms with Crippen molar-refractivity contribution >= 4 is 0 Å². The highest BCUT2D eigenvalue weighted by Crippen LogP contribution is 2.33. The fourth-order valence-electron chi connectivity index (χ4n) is 2.81. The fourth-order valence-corrected chi connectivity index (χ4v) is 2.81. The molecule has 0 heterocycles. The van der Waals surface area contributed by atoms with E-state index in [-0.39, 0.29) is 6.04 Å². The van der Waals surface area contributed by atoms with Crippen molar-refractivity contribution in [3.05, 3.63) is 71.3 Å². The number of aliphatic hydroxyl groups excluding tert-OH is 1. The van der Waals surface area contributed by atoms with Crippen LogP contribution in [-0.2, 0) is 6.42 Å². The number of aliphatic hydroxyl groups is 1. The quantitative estimate of drug-likeness (QED) is 0.895. The van der Waals surface area contributed by atoms with Gasteiger partial charge in [0.2, 0.25) is 0 Å². The maximum absolute atomic E-state index is 10.2. The van der Waals surface area contributed by atoms with Crippen molar-refractivity contribution < 1.29 is 5.11 Å². The molecule has 1 aliphatic rings. The first kappa shape index (κ1) is 12.9. The van der Waals surface area contributed by atoms with Gasteiger partial charge in [0.15, 0.2) is 0 Å². The average Bonchev–Trinajstić information content (AvgIpc) is 2.81. The average molecular weight is 264 g/mol. The number of rotatable bonds is 3. The Balaban J connectivity index is 1.86. The van der Waals surface area contributed by atoms with Crippen molar-refractivity contribution in [2.45, 2.75) is 24.6 Å². The minimum absolute atomic E-state index is 0.184. The van der Waals surface area contributed by atoms with Gasteiger partial charge in [-0.1, -0.05) is 54.6 Å². The van der Waals surface area contributed by atoms with Crippen molar-refractivity contribution in [3.8, 4) is 6.07 Å². The van der Waals surface area contributed by atoms with Crippen molar-refractivity contribution in [1.29, 1.82) is 5.26 Å². The van der Waals surface area contributed by atoms with Gasteiger partial charge in [0.1, 0.15) is 6.04 Å². The van der Waals surface area contributed by atoms with Gasteiger partial charge in [0.25, 0.3) is 0 Å². The van der Waals surface area contributed by atoms with Crippen LogP contribution < -0.4 is 5.32 Å². The second-order valence-electron chi connectivity index (χ2n) is 5.09. The van der Waals surface area contributed by atoms with Crippen LogP contribution >= 0.6 is 0 Å². The number of fused-ring (bicyclic) bond motifs is 1. The van der Waals surface area contributed by atoms with E-state index in [1.165, 1.54) is 0 Å². The number of nitriles is 1. The lowest BCUT2D eigenvalue weighted by molar-refractivity contribution is 0.138. The molecule has 100 valence electrons. The predicted octanol–water partition coefficient (Wildman–Crippen LogP) is 2.50. The molecular formula is C17H16N2O. The van der Waals surface area contributed by atoms with E-state index in [1.54, 1.807) is 0 Å². The van der Waals surface area contributed by atoms with E-state index in [0.717, 1.165) is 16.7 Å². The SMILES string of the molecule is N#C[C@H](N[C@H]1c2ccccc2C[C@H]1O)c1ccccc1. The zero-order valence-electron chi connectivity index (χ0n) is 11.0. The highest BCUT2D eigenvalue weighted by molar-refractivity contribution is 5.37. The molecule has 0 unspecified atom stereocenters. The largest absolute Gasteiger partial charge is 0.391 e. The summed E-state index contributed by atoms with van der Waals surface area (Å²) in [5.74, 6) is 0. The second-order valence-corrected chi connectivity index (χ2v) is 5.09. The molecule has 2 aromatic rings. The van der Waals surface area contributed by atoms with E-state index in [2.05, 4.69) is 11.4 Å². The number of nitrogens with zero attached hydrogens (tertiary/aromatic N) is 1. The lowest BCUT2D eigenvalue weighted by atomic mass is 10.0. The summed E-state index contributed by atoms with van der Waals surface area (Å²) >= 11 is 0. The van der Waals surface area contributed by atoms with Crippen LogP contribution in [0.5, 0.6) is 0 Å². The van der Waals surface area contributed by atoms with E-state index >= 15 is 0 Å². The molecule has 0 aliphatic heterocycles. The van der Waals surface area contributed by atoms with Gasteiger partial charge in [-0.05, 0) is 16.7 Å². The van der Waals surface area contributed by atoms with Crippen LogP contribution in [0.2, 0.25) is 0 Å². The van der Waals surface area contributed by atoms with Gasteiger partial charge in [-0.25, -0.2) is 0 Å². The van der Waals surface area contributed by atoms with E-state index < -0.39 is 12.1 Å². The Kier molecular flexibility index (Phi) is 3.51. The molecule has 0 saturated carbocycles. The molecule has 2 N–H and O–H groups in total. The Morgan fingerprint density at radius 2 is 1.80 bits per heavy atom. The molecule has 20 heavy (non-hydrogen) atoms. The minimum atomic E-state index is -0.480. The smallest absolute Gasteiger partial charge is 0.121 e. The van der Waals surface area contributed by atoms with Gasteiger partial charge in [0.05, 0.1) is 18.2 Å². The first-order valence-corrected chi connectivity index (χ1v) is 6.76. The number of hydrogen-bond donors (Lipinski definition) is 2. The Labute approximate surface area is 118 Å². The summed E-state index contributed by atoms with van der Waals surface area (Å²) in [7, 11) is 0. The monoisotopic (exact) mass is 264 g/mol. The third kappa shape index (κ3) is 2.32. The zero-order valence-corrected chi connectivity index (χ0v) is 11.0.